The largest absolute Gasteiger partial charge is 0.343 e. The van der Waals surface area contributed by atoms with Crippen LogP contribution in [0.15, 0.2) is 0 Å². The number of fused-ring (bicyclic) bond motifs is 1. The first-order valence-electron chi connectivity index (χ1n) is 6.59. The van der Waals surface area contributed by atoms with E-state index in [1.807, 2.05) is 0 Å². The topological polar surface area (TPSA) is 41.1 Å². The van der Waals surface area contributed by atoms with Crippen molar-refractivity contribution in [3.05, 3.63) is 5.82 Å². The summed E-state index contributed by atoms with van der Waals surface area (Å²) in [5, 5.41) is 4.63. The van der Waals surface area contributed by atoms with Gasteiger partial charge in [-0.2, -0.15) is 4.37 Å². The maximum atomic E-state index is 4.67. The van der Waals surface area contributed by atoms with Crippen molar-refractivity contribution in [2.75, 3.05) is 24.5 Å². The Hall–Kier alpha value is -0.680. The lowest BCUT2D eigenvalue weighted by molar-refractivity contribution is 0.471. The van der Waals surface area contributed by atoms with E-state index in [4.69, 9.17) is 0 Å². The molecule has 1 aromatic heterocycles. The predicted octanol–water partition coefficient (Wildman–Crippen LogP) is 1.53. The van der Waals surface area contributed by atoms with E-state index in [1.54, 1.807) is 11.5 Å². The number of aryl methyl sites for hydroxylation is 1. The summed E-state index contributed by atoms with van der Waals surface area (Å²) in [5.74, 6) is 2.63. The van der Waals surface area contributed by atoms with Crippen LogP contribution in [-0.4, -0.2) is 35.0 Å². The number of rotatable bonds is 3. The summed E-state index contributed by atoms with van der Waals surface area (Å²) < 4.78 is 4.45. The maximum Gasteiger partial charge on any atom is 0.205 e. The van der Waals surface area contributed by atoms with Crippen LogP contribution in [0.2, 0.25) is 0 Å². The summed E-state index contributed by atoms with van der Waals surface area (Å²) in [6.45, 7) is 8.00. The van der Waals surface area contributed by atoms with Crippen LogP contribution in [0.5, 0.6) is 0 Å². The third kappa shape index (κ3) is 1.95. The zero-order valence-corrected chi connectivity index (χ0v) is 11.3. The first-order valence-corrected chi connectivity index (χ1v) is 7.37. The first-order chi connectivity index (χ1) is 8.29. The molecule has 2 fully saturated rings. The second kappa shape index (κ2) is 4.53. The van der Waals surface area contributed by atoms with Crippen molar-refractivity contribution >= 4 is 16.7 Å². The van der Waals surface area contributed by atoms with Gasteiger partial charge in [0.1, 0.15) is 5.82 Å². The summed E-state index contributed by atoms with van der Waals surface area (Å²) >= 11 is 1.57. The van der Waals surface area contributed by atoms with Crippen LogP contribution in [-0.2, 0) is 6.42 Å². The number of hydrogen-bond acceptors (Lipinski definition) is 5. The van der Waals surface area contributed by atoms with E-state index in [0.29, 0.717) is 6.04 Å². The van der Waals surface area contributed by atoms with Crippen LogP contribution in [0.3, 0.4) is 0 Å². The molecule has 17 heavy (non-hydrogen) atoms. The molecule has 3 rings (SSSR count). The van der Waals surface area contributed by atoms with Crippen LogP contribution in [0.1, 0.15) is 26.1 Å². The zero-order valence-electron chi connectivity index (χ0n) is 10.5. The summed E-state index contributed by atoms with van der Waals surface area (Å²) in [4.78, 5) is 7.14. The van der Waals surface area contributed by atoms with Gasteiger partial charge in [0.05, 0.1) is 0 Å². The van der Waals surface area contributed by atoms with Gasteiger partial charge in [-0.25, -0.2) is 4.98 Å². The van der Waals surface area contributed by atoms with Crippen molar-refractivity contribution in [3.63, 3.8) is 0 Å². The molecule has 1 aromatic rings. The van der Waals surface area contributed by atoms with Gasteiger partial charge in [0.15, 0.2) is 0 Å². The van der Waals surface area contributed by atoms with Crippen molar-refractivity contribution in [2.45, 2.75) is 32.7 Å². The van der Waals surface area contributed by atoms with E-state index in [9.17, 15) is 0 Å². The summed E-state index contributed by atoms with van der Waals surface area (Å²) in [6.07, 6.45) is 2.13. The van der Waals surface area contributed by atoms with E-state index in [1.165, 1.54) is 13.1 Å². The SMILES string of the molecule is CCCc1nsc(N2CC3CNCC3C2C)n1. The lowest BCUT2D eigenvalue weighted by Crippen LogP contribution is -2.33. The third-order valence-corrected chi connectivity index (χ3v) is 4.90. The van der Waals surface area contributed by atoms with Gasteiger partial charge < -0.3 is 10.2 Å². The highest BCUT2D eigenvalue weighted by Gasteiger charge is 2.42. The second-order valence-electron chi connectivity index (χ2n) is 5.22. The van der Waals surface area contributed by atoms with Crippen molar-refractivity contribution in [1.82, 2.24) is 14.7 Å². The van der Waals surface area contributed by atoms with Gasteiger partial charge in [0, 0.05) is 43.6 Å². The van der Waals surface area contributed by atoms with Crippen molar-refractivity contribution in [2.24, 2.45) is 11.8 Å². The summed E-state index contributed by atoms with van der Waals surface area (Å²) in [5.41, 5.74) is 0. The van der Waals surface area contributed by atoms with Crippen LogP contribution >= 0.6 is 11.5 Å². The minimum Gasteiger partial charge on any atom is -0.343 e. The van der Waals surface area contributed by atoms with Gasteiger partial charge >= 0.3 is 0 Å². The standard InChI is InChI=1S/C12H20N4S/c1-3-4-11-14-12(17-15-11)16-7-9-5-13-6-10(9)8(16)2/h8-10,13H,3-7H2,1-2H3. The molecule has 4 nitrogen and oxygen atoms in total. The molecule has 0 spiro atoms. The van der Waals surface area contributed by atoms with Gasteiger partial charge in [0.25, 0.3) is 0 Å². The molecule has 3 unspecified atom stereocenters. The quantitative estimate of drug-likeness (QED) is 0.886. The van der Waals surface area contributed by atoms with E-state index in [-0.39, 0.29) is 0 Å². The smallest absolute Gasteiger partial charge is 0.205 e. The van der Waals surface area contributed by atoms with Gasteiger partial charge in [-0.3, -0.25) is 0 Å². The Morgan fingerprint density at radius 3 is 3.12 bits per heavy atom. The molecule has 3 heterocycles. The average molecular weight is 252 g/mol. The molecule has 0 aromatic carbocycles. The lowest BCUT2D eigenvalue weighted by Gasteiger charge is -2.23. The molecule has 94 valence electrons. The Morgan fingerprint density at radius 2 is 2.35 bits per heavy atom. The molecular weight excluding hydrogens is 232 g/mol. The number of anilines is 1. The minimum absolute atomic E-state index is 0.609. The molecule has 0 bridgehead atoms. The summed E-state index contributed by atoms with van der Waals surface area (Å²) in [7, 11) is 0. The Kier molecular flexibility index (Phi) is 3.04. The molecule has 0 radical (unpaired) electrons. The van der Waals surface area contributed by atoms with Crippen LogP contribution in [0, 0.1) is 11.8 Å². The number of nitrogens with one attached hydrogen (secondary N) is 1. The normalized spacial score (nSPS) is 32.1. The van der Waals surface area contributed by atoms with E-state index < -0.39 is 0 Å². The second-order valence-corrected chi connectivity index (χ2v) is 5.95. The lowest BCUT2D eigenvalue weighted by atomic mass is 9.95. The Morgan fingerprint density at radius 1 is 1.47 bits per heavy atom. The fourth-order valence-corrected chi connectivity index (χ4v) is 3.92. The average Bonchev–Trinajstić information content (AvgIpc) is 2.97. The van der Waals surface area contributed by atoms with Crippen molar-refractivity contribution < 1.29 is 0 Å². The van der Waals surface area contributed by atoms with Crippen molar-refractivity contribution in [3.8, 4) is 0 Å². The number of aromatic nitrogens is 2. The molecule has 2 saturated heterocycles. The molecule has 1 N–H and O–H groups in total. The third-order valence-electron chi connectivity index (χ3n) is 4.11. The molecule has 0 aliphatic carbocycles. The highest BCUT2D eigenvalue weighted by Crippen LogP contribution is 2.36. The first kappa shape index (κ1) is 11.4. The monoisotopic (exact) mass is 252 g/mol. The van der Waals surface area contributed by atoms with Gasteiger partial charge in [-0.05, 0) is 25.2 Å². The number of nitrogens with zero attached hydrogens (tertiary/aromatic N) is 3. The summed E-state index contributed by atoms with van der Waals surface area (Å²) in [6, 6.07) is 0.609. The highest BCUT2D eigenvalue weighted by molar-refractivity contribution is 7.09. The molecule has 0 saturated carbocycles. The fourth-order valence-electron chi connectivity index (χ4n) is 3.11. The molecule has 2 aliphatic heterocycles. The van der Waals surface area contributed by atoms with Crippen LogP contribution in [0.25, 0.3) is 0 Å². The van der Waals surface area contributed by atoms with Crippen LogP contribution < -0.4 is 10.2 Å². The highest BCUT2D eigenvalue weighted by atomic mass is 32.1. The molecular formula is C12H20N4S. The van der Waals surface area contributed by atoms with E-state index >= 15 is 0 Å². The van der Waals surface area contributed by atoms with E-state index in [2.05, 4.69) is 33.4 Å². The molecule has 0 amide bonds. The van der Waals surface area contributed by atoms with Crippen molar-refractivity contribution in [1.29, 1.82) is 0 Å². The van der Waals surface area contributed by atoms with Gasteiger partial charge in [-0.1, -0.05) is 6.92 Å². The Bertz CT molecular complexity index is 392. The molecule has 2 aliphatic rings. The predicted molar refractivity (Wildman–Crippen MR) is 70.6 cm³/mol. The molecule has 3 atom stereocenters. The maximum absolute atomic E-state index is 4.67. The van der Waals surface area contributed by atoms with Gasteiger partial charge in [0.2, 0.25) is 5.13 Å². The number of hydrogen-bond donors (Lipinski definition) is 1. The Labute approximate surface area is 107 Å². The molecule has 5 heteroatoms. The Balaban J connectivity index is 1.75. The van der Waals surface area contributed by atoms with Crippen LogP contribution in [0.4, 0.5) is 5.13 Å². The van der Waals surface area contributed by atoms with Gasteiger partial charge in [-0.15, -0.1) is 0 Å². The van der Waals surface area contributed by atoms with E-state index in [0.717, 1.165) is 42.2 Å². The fraction of sp³-hybridized carbons (Fsp3) is 0.833. The minimum atomic E-state index is 0.609. The zero-order chi connectivity index (χ0) is 11.8.